The maximum Gasteiger partial charge on any atom is 0 e. The van der Waals surface area contributed by atoms with E-state index in [1.54, 1.807) is 0 Å². The standard InChI is InChI=1S/C20H21P.Ni/c1-2-21(18-12-6-3-7-13-18,19-14-8-4-9-15-19)20-16-10-5-11-17-20;/h3-17,21H,2H2,1H3;. The summed E-state index contributed by atoms with van der Waals surface area (Å²) in [6.45, 7) is 2.33. The van der Waals surface area contributed by atoms with Crippen LogP contribution >= 0.6 is 7.26 Å². The third-order valence-electron chi connectivity index (χ3n) is 4.33. The predicted molar refractivity (Wildman–Crippen MR) is 97.1 cm³/mol. The average Bonchev–Trinajstić information content (AvgIpc) is 2.59. The molecular weight excluding hydrogens is 330 g/mol. The zero-order chi connectivity index (χ0) is 14.5. The van der Waals surface area contributed by atoms with Crippen LogP contribution in [0.5, 0.6) is 0 Å². The topological polar surface area (TPSA) is 0 Å². The van der Waals surface area contributed by atoms with Gasteiger partial charge in [0.15, 0.2) is 0 Å². The van der Waals surface area contributed by atoms with Gasteiger partial charge in [-0.15, -0.1) is 0 Å². The van der Waals surface area contributed by atoms with Gasteiger partial charge in [0, 0.05) is 16.5 Å². The Hall–Kier alpha value is -1.42. The van der Waals surface area contributed by atoms with Crippen molar-refractivity contribution in [2.75, 3.05) is 6.16 Å². The van der Waals surface area contributed by atoms with E-state index in [1.807, 2.05) is 0 Å². The summed E-state index contributed by atoms with van der Waals surface area (Å²) in [5.41, 5.74) is 0. The molecule has 0 N–H and O–H groups in total. The predicted octanol–water partition coefficient (Wildman–Crippen LogP) is 3.73. The van der Waals surface area contributed by atoms with Crippen molar-refractivity contribution in [3.63, 3.8) is 0 Å². The summed E-state index contributed by atoms with van der Waals surface area (Å²) in [6, 6.07) is 33.1. The molecule has 3 rings (SSSR count). The first-order valence-corrected chi connectivity index (χ1v) is 9.75. The minimum atomic E-state index is -1.90. The first kappa shape index (κ1) is 16.9. The molecule has 0 saturated heterocycles. The Kier molecular flexibility index (Phi) is 5.95. The maximum atomic E-state index is 2.33. The van der Waals surface area contributed by atoms with Crippen LogP contribution in [0.25, 0.3) is 0 Å². The zero-order valence-electron chi connectivity index (χ0n) is 12.7. The Morgan fingerprint density at radius 1 is 0.545 bits per heavy atom. The Morgan fingerprint density at radius 2 is 0.818 bits per heavy atom. The minimum absolute atomic E-state index is 0. The normalized spacial score (nSPS) is 11.5. The van der Waals surface area contributed by atoms with E-state index in [0.29, 0.717) is 0 Å². The fourth-order valence-electron chi connectivity index (χ4n) is 3.28. The largest absolute Gasteiger partial charge is 0 e. The first-order valence-electron chi connectivity index (χ1n) is 7.54. The Labute approximate surface area is 143 Å². The van der Waals surface area contributed by atoms with Gasteiger partial charge in [-0.1, -0.05) is 0 Å². The van der Waals surface area contributed by atoms with Gasteiger partial charge in [0.05, 0.1) is 0 Å². The molecule has 3 aromatic carbocycles. The molecule has 0 nitrogen and oxygen atoms in total. The van der Waals surface area contributed by atoms with Crippen LogP contribution < -0.4 is 15.9 Å². The molecule has 0 bridgehead atoms. The van der Waals surface area contributed by atoms with E-state index in [-0.39, 0.29) is 16.5 Å². The second-order valence-corrected chi connectivity index (χ2v) is 9.61. The molecule has 0 amide bonds. The van der Waals surface area contributed by atoms with Crippen LogP contribution in [-0.2, 0) is 16.5 Å². The van der Waals surface area contributed by atoms with Crippen LogP contribution in [0.15, 0.2) is 91.0 Å². The smallest absolute Gasteiger partial charge is 0 e. The van der Waals surface area contributed by atoms with Gasteiger partial charge < -0.3 is 0 Å². The van der Waals surface area contributed by atoms with E-state index in [9.17, 15) is 0 Å². The SMILES string of the molecule is CC[PH](c1ccccc1)(c1ccccc1)c1ccccc1.[Ni]. The molecule has 0 fully saturated rings. The van der Waals surface area contributed by atoms with E-state index < -0.39 is 7.26 Å². The Balaban J connectivity index is 0.00000176. The van der Waals surface area contributed by atoms with Gasteiger partial charge in [-0.3, -0.25) is 0 Å². The average molecular weight is 351 g/mol. The quantitative estimate of drug-likeness (QED) is 0.497. The van der Waals surface area contributed by atoms with Gasteiger partial charge in [0.2, 0.25) is 0 Å². The molecule has 0 aliphatic carbocycles. The van der Waals surface area contributed by atoms with Crippen molar-refractivity contribution >= 4 is 23.2 Å². The molecule has 0 aliphatic heterocycles. The summed E-state index contributed by atoms with van der Waals surface area (Å²) in [5, 5.41) is 4.47. The molecule has 2 heteroatoms. The van der Waals surface area contributed by atoms with Crippen LogP contribution in [-0.4, -0.2) is 6.16 Å². The van der Waals surface area contributed by atoms with Crippen LogP contribution in [0, 0.1) is 0 Å². The molecule has 0 atom stereocenters. The first-order chi connectivity index (χ1) is 10.4. The third kappa shape index (κ3) is 3.02. The fourth-order valence-corrected chi connectivity index (χ4v) is 7.79. The monoisotopic (exact) mass is 350 g/mol. The van der Waals surface area contributed by atoms with E-state index in [1.165, 1.54) is 22.1 Å². The fraction of sp³-hybridized carbons (Fsp3) is 0.100. The molecule has 0 radical (unpaired) electrons. The molecule has 0 saturated carbocycles. The van der Waals surface area contributed by atoms with Crippen LogP contribution in [0.4, 0.5) is 0 Å². The van der Waals surface area contributed by atoms with Crippen LogP contribution in [0.3, 0.4) is 0 Å². The van der Waals surface area contributed by atoms with Crippen molar-refractivity contribution in [2.45, 2.75) is 6.92 Å². The van der Waals surface area contributed by atoms with E-state index in [4.69, 9.17) is 0 Å². The van der Waals surface area contributed by atoms with Crippen molar-refractivity contribution in [1.29, 1.82) is 0 Å². The number of rotatable bonds is 4. The summed E-state index contributed by atoms with van der Waals surface area (Å²) in [6.07, 6.45) is 1.17. The molecule has 3 aromatic rings. The van der Waals surface area contributed by atoms with Crippen LogP contribution in [0.2, 0.25) is 0 Å². The van der Waals surface area contributed by atoms with E-state index >= 15 is 0 Å². The maximum absolute atomic E-state index is 2.33. The summed E-state index contributed by atoms with van der Waals surface area (Å²) in [7, 11) is -1.90. The van der Waals surface area contributed by atoms with Crippen molar-refractivity contribution in [1.82, 2.24) is 0 Å². The molecule has 22 heavy (non-hydrogen) atoms. The van der Waals surface area contributed by atoms with Crippen molar-refractivity contribution < 1.29 is 16.5 Å². The molecule has 0 heterocycles. The number of benzene rings is 3. The van der Waals surface area contributed by atoms with E-state index in [2.05, 4.69) is 97.9 Å². The molecular formula is C20H21NiP. The summed E-state index contributed by atoms with van der Waals surface area (Å²) in [5.74, 6) is 0. The molecule has 116 valence electrons. The van der Waals surface area contributed by atoms with E-state index in [0.717, 1.165) is 0 Å². The molecule has 0 unspecified atom stereocenters. The second-order valence-electron chi connectivity index (χ2n) is 5.36. The van der Waals surface area contributed by atoms with Crippen molar-refractivity contribution in [3.8, 4) is 0 Å². The number of hydrogen-bond acceptors (Lipinski definition) is 0. The van der Waals surface area contributed by atoms with Crippen LogP contribution in [0.1, 0.15) is 6.92 Å². The van der Waals surface area contributed by atoms with Gasteiger partial charge in [-0.25, -0.2) is 0 Å². The summed E-state index contributed by atoms with van der Waals surface area (Å²) < 4.78 is 0. The molecule has 0 spiro atoms. The Morgan fingerprint density at radius 3 is 1.05 bits per heavy atom. The molecule has 0 aliphatic rings. The summed E-state index contributed by atoms with van der Waals surface area (Å²) in [4.78, 5) is 0. The van der Waals surface area contributed by atoms with Gasteiger partial charge in [-0.05, 0) is 0 Å². The molecule has 0 aromatic heterocycles. The Bertz CT molecular complexity index is 584. The summed E-state index contributed by atoms with van der Waals surface area (Å²) >= 11 is 0. The second kappa shape index (κ2) is 7.73. The number of hydrogen-bond donors (Lipinski definition) is 0. The minimum Gasteiger partial charge on any atom is 0 e. The third-order valence-corrected chi connectivity index (χ3v) is 9.35. The van der Waals surface area contributed by atoms with Gasteiger partial charge in [0.25, 0.3) is 0 Å². The van der Waals surface area contributed by atoms with Gasteiger partial charge in [0.1, 0.15) is 0 Å². The zero-order valence-corrected chi connectivity index (χ0v) is 14.7. The van der Waals surface area contributed by atoms with Crippen molar-refractivity contribution in [3.05, 3.63) is 91.0 Å². The van der Waals surface area contributed by atoms with Gasteiger partial charge in [-0.2, -0.15) is 0 Å². The van der Waals surface area contributed by atoms with Crippen molar-refractivity contribution in [2.24, 2.45) is 0 Å². The van der Waals surface area contributed by atoms with Gasteiger partial charge >= 0.3 is 127 Å².